The van der Waals surface area contributed by atoms with E-state index in [0.717, 1.165) is 158 Å². The molecule has 0 radical (unpaired) electrons. The van der Waals surface area contributed by atoms with E-state index in [1.54, 1.807) is 12.1 Å². The lowest BCUT2D eigenvalue weighted by Gasteiger charge is -2.20. The molecule has 0 aliphatic rings. The topological polar surface area (TPSA) is 211 Å². The van der Waals surface area contributed by atoms with Crippen LogP contribution in [-0.4, -0.2) is 30.4 Å². The number of rotatable bonds is 35. The second-order valence-corrected chi connectivity index (χ2v) is 26.2. The Hall–Kier alpha value is -13.1. The first kappa shape index (κ1) is 80.5. The van der Waals surface area contributed by atoms with Gasteiger partial charge in [0.1, 0.15) is 29.1 Å². The minimum absolute atomic E-state index is 0.236. The summed E-state index contributed by atoms with van der Waals surface area (Å²) >= 11 is 0. The van der Waals surface area contributed by atoms with Gasteiger partial charge in [0.15, 0.2) is 0 Å². The number of terminal acetylenes is 1. The molecule has 0 amide bonds. The lowest BCUT2D eigenvalue weighted by Crippen LogP contribution is -2.06. The second-order valence-electron chi connectivity index (χ2n) is 26.2. The van der Waals surface area contributed by atoms with E-state index in [2.05, 4.69) is 328 Å². The first-order valence-electron chi connectivity index (χ1n) is 36.8. The average molecular weight is 1520 g/mol. The molecular formula is C94H74O20. The van der Waals surface area contributed by atoms with E-state index in [4.69, 9.17) is 30.6 Å². The molecule has 0 saturated carbocycles. The number of aryl methyl sites for hydroxylation is 2. The normalized spacial score (nSPS) is 10.7. The van der Waals surface area contributed by atoms with Crippen molar-refractivity contribution in [3.05, 3.63) is 205 Å². The van der Waals surface area contributed by atoms with Crippen LogP contribution in [-0.2, 0) is 74.9 Å². The fourth-order valence-electron chi connectivity index (χ4n) is 13.5. The molecular weight excluding hydrogens is 1450 g/mol. The van der Waals surface area contributed by atoms with Gasteiger partial charge in [0.25, 0.3) is 0 Å². The summed E-state index contributed by atoms with van der Waals surface area (Å²) in [5, 5.41) is 63.6. The Morgan fingerprint density at radius 2 is 0.711 bits per heavy atom. The van der Waals surface area contributed by atoms with E-state index < -0.39 is 11.9 Å². The van der Waals surface area contributed by atoms with Crippen LogP contribution >= 0.6 is 0 Å². The Morgan fingerprint density at radius 1 is 0.325 bits per heavy atom. The molecule has 570 valence electrons. The molecule has 20 nitrogen and oxygen atoms in total. The maximum atomic E-state index is 13.0. The van der Waals surface area contributed by atoms with Crippen molar-refractivity contribution < 1.29 is 99.1 Å². The van der Waals surface area contributed by atoms with Crippen LogP contribution in [0.2, 0.25) is 0 Å². The van der Waals surface area contributed by atoms with Crippen LogP contribution in [0.1, 0.15) is 102 Å². The lowest BCUT2D eigenvalue weighted by atomic mass is 9.84. The Balaban J connectivity index is 0.870. The predicted molar refractivity (Wildman–Crippen MR) is 429 cm³/mol. The first-order chi connectivity index (χ1) is 56.1. The number of carbonyl (C=O) groups is 2. The molecule has 0 unspecified atom stereocenters. The maximum absolute atomic E-state index is 13.0. The summed E-state index contributed by atoms with van der Waals surface area (Å²) in [5.74, 6) is 29.0. The zero-order chi connectivity index (χ0) is 79.1. The molecule has 0 fully saturated rings. The molecule has 114 heavy (non-hydrogen) atoms. The molecule has 0 saturated heterocycles. The molecule has 0 bridgehead atoms. The van der Waals surface area contributed by atoms with Crippen LogP contribution in [0.25, 0.3) is 120 Å². The van der Waals surface area contributed by atoms with Gasteiger partial charge in [-0.3, -0.25) is 4.89 Å². The summed E-state index contributed by atoms with van der Waals surface area (Å²) in [6.07, 6.45) is 22.1. The molecule has 12 aromatic carbocycles. The summed E-state index contributed by atoms with van der Waals surface area (Å²) in [7, 11) is 0. The largest absolute Gasteiger partial charge is 0.494 e. The summed E-state index contributed by atoms with van der Waals surface area (Å²) in [4.78, 5) is 28.9. The van der Waals surface area contributed by atoms with Gasteiger partial charge in [0.05, 0.1) is 13.2 Å². The zero-order valence-corrected chi connectivity index (χ0v) is 62.7. The number of ether oxygens (including phenoxy) is 4. The number of carbonyl (C=O) groups excluding carboxylic acids is 2. The van der Waals surface area contributed by atoms with Gasteiger partial charge >= 0.3 is 11.9 Å². The number of unbranched alkanes of at least 4 members (excludes halogenated alkanes) is 10. The molecule has 0 aliphatic carbocycles. The summed E-state index contributed by atoms with van der Waals surface area (Å²) in [5.41, 5.74) is 12.5. The number of esters is 1. The maximum Gasteiger partial charge on any atom is 0.421 e. The van der Waals surface area contributed by atoms with Gasteiger partial charge in [-0.1, -0.05) is 204 Å². The molecule has 0 atom stereocenters. The Labute approximate surface area is 657 Å². The van der Waals surface area contributed by atoms with Crippen molar-refractivity contribution in [3.63, 3.8) is 0 Å². The van der Waals surface area contributed by atoms with Crippen LogP contribution in [0, 0.1) is 97.4 Å². The van der Waals surface area contributed by atoms with Crippen molar-refractivity contribution in [2.75, 3.05) is 13.2 Å². The van der Waals surface area contributed by atoms with Crippen molar-refractivity contribution >= 4 is 76.6 Å². The number of hydrogen-bond donors (Lipinski definition) is 1. The number of fused-ring (bicyclic) bond motifs is 6. The molecule has 12 rings (SSSR count). The fraction of sp³-hybridized carbons (Fsp3) is 0.191. The molecule has 0 aliphatic heterocycles. The summed E-state index contributed by atoms with van der Waals surface area (Å²) in [6.45, 7) is 9.95. The third-order valence-corrected chi connectivity index (χ3v) is 18.6. The second kappa shape index (κ2) is 41.8. The predicted octanol–water partition coefficient (Wildman–Crippen LogP) is 21.1. The van der Waals surface area contributed by atoms with Crippen molar-refractivity contribution in [3.8, 4) is 162 Å². The van der Waals surface area contributed by atoms with Gasteiger partial charge in [-0.05, 0) is 297 Å². The van der Waals surface area contributed by atoms with E-state index in [0.29, 0.717) is 19.0 Å². The van der Waals surface area contributed by atoms with E-state index in [-0.39, 0.29) is 5.75 Å². The zero-order valence-electron chi connectivity index (χ0n) is 62.7. The van der Waals surface area contributed by atoms with E-state index in [1.165, 1.54) is 62.3 Å². The standard InChI is InChI=1S/C94H74O20/c1-6-9-12-15-20-25-54-98-77-44-39-67(40-45-77)92-81-50-31-66(5)58-85(81)91(68-41-46-78(47-42-68)101-89(95)28-23-18-19-24-29-90(96)102-104-106-108-110-112-114-113-111-109-107-105-103-97)82-51-43-74(62-86(82)92)72-33-34-73-61-76(38-36-71(73)59-72)94-84-53-49-79(99-55-26-21-16-13-10-7-2)63-87(84)93(75-37-35-69-57-65(4)30-32-70(69)60-75)83-52-48-80(64-88(83)94)100-56-27-22-17-14-11-8-3/h3,30-53,57-64,97H,6-7,9-10,12-13,15-16,20-21,25-26,54-55H2,1-2,4-5H3. The highest BCUT2D eigenvalue weighted by Crippen LogP contribution is 2.49. The Kier molecular flexibility index (Phi) is 29.5. The summed E-state index contributed by atoms with van der Waals surface area (Å²) < 4.78 is 24.7. The van der Waals surface area contributed by atoms with Crippen molar-refractivity contribution in [1.29, 1.82) is 0 Å². The molecule has 0 aromatic heterocycles. The summed E-state index contributed by atoms with van der Waals surface area (Å²) in [6, 6.07) is 68.3. The quantitative estimate of drug-likeness (QED) is 0.00572. The van der Waals surface area contributed by atoms with Crippen LogP contribution in [0.3, 0.4) is 0 Å². The lowest BCUT2D eigenvalue weighted by molar-refractivity contribution is -0.874. The van der Waals surface area contributed by atoms with Gasteiger partial charge in [-0.25, -0.2) is 14.8 Å². The molecule has 12 aromatic rings. The van der Waals surface area contributed by atoms with Gasteiger partial charge in [0, 0.05) is 59.8 Å². The third kappa shape index (κ3) is 21.7. The fourth-order valence-corrected chi connectivity index (χ4v) is 13.5. The van der Waals surface area contributed by atoms with E-state index >= 15 is 0 Å². The van der Waals surface area contributed by atoms with E-state index in [1.807, 2.05) is 24.1 Å². The highest BCUT2D eigenvalue weighted by molar-refractivity contribution is 6.24. The minimum Gasteiger partial charge on any atom is -0.494 e. The van der Waals surface area contributed by atoms with Crippen molar-refractivity contribution in [2.24, 2.45) is 0 Å². The van der Waals surface area contributed by atoms with Gasteiger partial charge < -0.3 is 18.9 Å². The van der Waals surface area contributed by atoms with Crippen LogP contribution in [0.5, 0.6) is 23.0 Å². The highest BCUT2D eigenvalue weighted by Gasteiger charge is 2.23. The van der Waals surface area contributed by atoms with Gasteiger partial charge in [-0.2, -0.15) is 0 Å². The van der Waals surface area contributed by atoms with Gasteiger partial charge in [0.2, 0.25) is 0 Å². The Bertz CT molecular complexity index is 5930. The smallest absolute Gasteiger partial charge is 0.421 e. The first-order valence-corrected chi connectivity index (χ1v) is 36.8. The SMILES string of the molecule is C#CC#CC#CC#COc1ccc2c(-c3ccc4cc(C)ccc4c3)c3cc(OCCCCCCCC)ccc3c(-c3ccc4cc(-c5ccc6c(-c7ccc(OC(=O)C#CC#CC#CC(=O)OOOOOOOOOOOOOO)cc7)c7cc(C)ccc7c(-c7ccc(OCCCCCCCC)cc7)c6c5)ccc4c3)c2c1. The van der Waals surface area contributed by atoms with Crippen molar-refractivity contribution in [1.82, 2.24) is 0 Å². The number of benzene rings is 12. The Morgan fingerprint density at radius 3 is 1.31 bits per heavy atom. The minimum atomic E-state index is -1.30. The molecule has 20 heteroatoms. The third-order valence-electron chi connectivity index (χ3n) is 18.6. The van der Waals surface area contributed by atoms with Crippen LogP contribution in [0.15, 0.2) is 194 Å². The van der Waals surface area contributed by atoms with Crippen molar-refractivity contribution in [2.45, 2.75) is 105 Å². The molecule has 0 spiro atoms. The molecule has 0 heterocycles. The molecule has 1 N–H and O–H groups in total. The monoisotopic (exact) mass is 1520 g/mol. The number of hydrogen-bond acceptors (Lipinski definition) is 20. The van der Waals surface area contributed by atoms with E-state index in [9.17, 15) is 9.59 Å². The highest BCUT2D eigenvalue weighted by atomic mass is 18.0. The van der Waals surface area contributed by atoms with Crippen LogP contribution < -0.4 is 18.9 Å². The van der Waals surface area contributed by atoms with Gasteiger partial charge in [-0.15, -0.1) is 6.42 Å². The average Bonchev–Trinajstić information content (AvgIpc) is 0.731. The van der Waals surface area contributed by atoms with Crippen LogP contribution in [0.4, 0.5) is 0 Å².